The van der Waals surface area contributed by atoms with Gasteiger partial charge in [-0.1, -0.05) is 0 Å². The molecule has 7 heteroatoms. The van der Waals surface area contributed by atoms with E-state index >= 15 is 0 Å². The number of furan rings is 1. The van der Waals surface area contributed by atoms with Crippen molar-refractivity contribution in [3.63, 3.8) is 0 Å². The van der Waals surface area contributed by atoms with Gasteiger partial charge >= 0.3 is 0 Å². The molecule has 1 aliphatic heterocycles. The van der Waals surface area contributed by atoms with E-state index in [9.17, 15) is 9.59 Å². The van der Waals surface area contributed by atoms with Gasteiger partial charge < -0.3 is 14.6 Å². The van der Waals surface area contributed by atoms with Crippen LogP contribution in [0.5, 0.6) is 0 Å². The van der Waals surface area contributed by atoms with E-state index in [0.29, 0.717) is 25.4 Å². The van der Waals surface area contributed by atoms with Gasteiger partial charge in [-0.05, 0) is 59.5 Å². The number of halogens is 1. The highest BCUT2D eigenvalue weighted by Crippen LogP contribution is 2.22. The molecule has 2 aromatic heterocycles. The molecule has 3 heterocycles. The monoisotopic (exact) mass is 410 g/mol. The summed E-state index contributed by atoms with van der Waals surface area (Å²) in [4.78, 5) is 27.6. The number of nitrogens with one attached hydrogen (secondary N) is 1. The van der Waals surface area contributed by atoms with Crippen LogP contribution in [0.4, 0.5) is 0 Å². The molecule has 3 rings (SSSR count). The summed E-state index contributed by atoms with van der Waals surface area (Å²) in [6.45, 7) is 1.75. The van der Waals surface area contributed by atoms with Crippen LogP contribution in [-0.4, -0.2) is 36.3 Å². The highest BCUT2D eigenvalue weighted by atomic mass is 79.9. The molecule has 1 atom stereocenters. The van der Waals surface area contributed by atoms with Gasteiger partial charge in [-0.2, -0.15) is 0 Å². The number of hydrogen-bond acceptors (Lipinski definition) is 4. The molecule has 0 saturated carbocycles. The molecule has 2 aromatic rings. The van der Waals surface area contributed by atoms with Crippen LogP contribution >= 0.6 is 27.3 Å². The van der Waals surface area contributed by atoms with E-state index in [1.807, 2.05) is 6.07 Å². The summed E-state index contributed by atoms with van der Waals surface area (Å²) in [5.41, 5.74) is 0. The summed E-state index contributed by atoms with van der Waals surface area (Å²) >= 11 is 5.12. The van der Waals surface area contributed by atoms with Crippen molar-refractivity contribution in [2.45, 2.75) is 19.3 Å². The van der Waals surface area contributed by atoms with Crippen LogP contribution in [0.1, 0.15) is 28.3 Å². The first-order valence-electron chi connectivity index (χ1n) is 7.98. The van der Waals surface area contributed by atoms with Crippen molar-refractivity contribution in [1.29, 1.82) is 0 Å². The Morgan fingerprint density at radius 2 is 2.25 bits per heavy atom. The number of nitrogens with zero attached hydrogens (tertiary/aromatic N) is 1. The van der Waals surface area contributed by atoms with Crippen molar-refractivity contribution in [1.82, 2.24) is 10.2 Å². The van der Waals surface area contributed by atoms with Crippen molar-refractivity contribution >= 4 is 39.1 Å². The maximum atomic E-state index is 12.4. The van der Waals surface area contributed by atoms with Gasteiger partial charge in [0.25, 0.3) is 5.91 Å². The standard InChI is InChI=1S/C17H19BrN2O3S/c18-15-6-5-13(24-15)7-8-19-16(21)12-3-1-9-20(11-12)17(22)14-4-2-10-23-14/h2,4-6,10,12H,1,3,7-9,11H2,(H,19,21)/t12-/m0/s1. The van der Waals surface area contributed by atoms with Gasteiger partial charge in [-0.3, -0.25) is 9.59 Å². The zero-order chi connectivity index (χ0) is 16.9. The van der Waals surface area contributed by atoms with E-state index < -0.39 is 0 Å². The second-order valence-electron chi connectivity index (χ2n) is 5.81. The molecular formula is C17H19BrN2O3S. The molecule has 2 amide bonds. The zero-order valence-electron chi connectivity index (χ0n) is 13.2. The fraction of sp³-hybridized carbons (Fsp3) is 0.412. The Balaban J connectivity index is 1.48. The third-order valence-electron chi connectivity index (χ3n) is 4.11. The lowest BCUT2D eigenvalue weighted by Gasteiger charge is -2.31. The van der Waals surface area contributed by atoms with E-state index in [0.717, 1.165) is 23.0 Å². The van der Waals surface area contributed by atoms with E-state index in [4.69, 9.17) is 4.42 Å². The average Bonchev–Trinajstić information content (AvgIpc) is 3.26. The molecule has 0 radical (unpaired) electrons. The van der Waals surface area contributed by atoms with Crippen molar-refractivity contribution in [2.75, 3.05) is 19.6 Å². The molecule has 0 unspecified atom stereocenters. The molecule has 1 fully saturated rings. The number of piperidine rings is 1. The van der Waals surface area contributed by atoms with Crippen LogP contribution < -0.4 is 5.32 Å². The lowest BCUT2D eigenvalue weighted by Crippen LogP contribution is -2.45. The van der Waals surface area contributed by atoms with Crippen molar-refractivity contribution in [3.8, 4) is 0 Å². The minimum atomic E-state index is -0.146. The van der Waals surface area contributed by atoms with Gasteiger partial charge in [-0.25, -0.2) is 0 Å². The Labute approximate surface area is 153 Å². The van der Waals surface area contributed by atoms with Crippen LogP contribution in [0.3, 0.4) is 0 Å². The first kappa shape index (κ1) is 17.2. The normalized spacial score (nSPS) is 17.7. The lowest BCUT2D eigenvalue weighted by molar-refractivity contribution is -0.126. The number of carbonyl (C=O) groups excluding carboxylic acids is 2. The minimum Gasteiger partial charge on any atom is -0.459 e. The fourth-order valence-corrected chi connectivity index (χ4v) is 4.35. The van der Waals surface area contributed by atoms with Gasteiger partial charge in [-0.15, -0.1) is 11.3 Å². The molecule has 24 heavy (non-hydrogen) atoms. The van der Waals surface area contributed by atoms with Crippen LogP contribution in [0, 0.1) is 5.92 Å². The third-order valence-corrected chi connectivity index (χ3v) is 5.79. The number of rotatable bonds is 5. The van der Waals surface area contributed by atoms with Crippen molar-refractivity contribution < 1.29 is 14.0 Å². The summed E-state index contributed by atoms with van der Waals surface area (Å²) in [6, 6.07) is 7.43. The highest BCUT2D eigenvalue weighted by molar-refractivity contribution is 9.11. The minimum absolute atomic E-state index is 0.0302. The van der Waals surface area contributed by atoms with Gasteiger partial charge in [0.05, 0.1) is 16.0 Å². The first-order chi connectivity index (χ1) is 11.6. The molecule has 0 bridgehead atoms. The second-order valence-corrected chi connectivity index (χ2v) is 8.36. The van der Waals surface area contributed by atoms with E-state index in [1.165, 1.54) is 11.1 Å². The summed E-state index contributed by atoms with van der Waals surface area (Å²) in [5.74, 6) is 0.0792. The number of thiophene rings is 1. The molecule has 0 spiro atoms. The van der Waals surface area contributed by atoms with E-state index in [2.05, 4.69) is 27.3 Å². The van der Waals surface area contributed by atoms with E-state index in [-0.39, 0.29) is 17.7 Å². The fourth-order valence-electron chi connectivity index (χ4n) is 2.87. The molecule has 0 aromatic carbocycles. The van der Waals surface area contributed by atoms with Crippen LogP contribution in [0.25, 0.3) is 0 Å². The molecule has 1 N–H and O–H groups in total. The summed E-state index contributed by atoms with van der Waals surface area (Å²) < 4.78 is 6.27. The van der Waals surface area contributed by atoms with Crippen LogP contribution in [-0.2, 0) is 11.2 Å². The van der Waals surface area contributed by atoms with Crippen LogP contribution in [0.2, 0.25) is 0 Å². The number of carbonyl (C=O) groups is 2. The number of hydrogen-bond donors (Lipinski definition) is 1. The smallest absolute Gasteiger partial charge is 0.289 e. The second kappa shape index (κ2) is 7.98. The number of likely N-dealkylation sites (tertiary alicyclic amines) is 1. The topological polar surface area (TPSA) is 62.6 Å². The van der Waals surface area contributed by atoms with Gasteiger partial charge in [0.15, 0.2) is 5.76 Å². The molecule has 128 valence electrons. The average molecular weight is 411 g/mol. The van der Waals surface area contributed by atoms with Crippen LogP contribution in [0.15, 0.2) is 38.7 Å². The Morgan fingerprint density at radius 3 is 2.96 bits per heavy atom. The highest BCUT2D eigenvalue weighted by Gasteiger charge is 2.29. The van der Waals surface area contributed by atoms with Gasteiger partial charge in [0.2, 0.25) is 5.91 Å². The predicted molar refractivity (Wildman–Crippen MR) is 96.1 cm³/mol. The zero-order valence-corrected chi connectivity index (χ0v) is 15.6. The Morgan fingerprint density at radius 1 is 1.38 bits per heavy atom. The summed E-state index contributed by atoms with van der Waals surface area (Å²) in [5, 5.41) is 3.00. The van der Waals surface area contributed by atoms with Crippen molar-refractivity contribution in [3.05, 3.63) is 45.0 Å². The van der Waals surface area contributed by atoms with Crippen molar-refractivity contribution in [2.24, 2.45) is 5.92 Å². The summed E-state index contributed by atoms with van der Waals surface area (Å²) in [6.07, 6.45) is 3.97. The first-order valence-corrected chi connectivity index (χ1v) is 9.59. The third kappa shape index (κ3) is 4.27. The Hall–Kier alpha value is -1.60. The predicted octanol–water partition coefficient (Wildman–Crippen LogP) is 3.31. The van der Waals surface area contributed by atoms with E-state index in [1.54, 1.807) is 28.4 Å². The Bertz CT molecular complexity index is 699. The van der Waals surface area contributed by atoms with Gasteiger partial charge in [0.1, 0.15) is 0 Å². The molecule has 1 aliphatic rings. The number of amides is 2. The lowest BCUT2D eigenvalue weighted by atomic mass is 9.97. The van der Waals surface area contributed by atoms with Gasteiger partial charge in [0, 0.05) is 24.5 Å². The molecular weight excluding hydrogens is 392 g/mol. The maximum absolute atomic E-state index is 12.4. The SMILES string of the molecule is O=C(NCCc1ccc(Br)s1)[C@H]1CCCN(C(=O)c2ccco2)C1. The molecule has 5 nitrogen and oxygen atoms in total. The molecule has 0 aliphatic carbocycles. The maximum Gasteiger partial charge on any atom is 0.289 e. The summed E-state index contributed by atoms with van der Waals surface area (Å²) in [7, 11) is 0. The molecule has 1 saturated heterocycles. The quantitative estimate of drug-likeness (QED) is 0.821. The Kier molecular flexibility index (Phi) is 5.73. The largest absolute Gasteiger partial charge is 0.459 e.